The number of anilines is 6. The molecule has 0 atom stereocenters. The van der Waals surface area contributed by atoms with Crippen LogP contribution in [0.15, 0.2) is 393 Å². The van der Waals surface area contributed by atoms with Crippen LogP contribution >= 0.6 is 34.0 Å². The van der Waals surface area contributed by atoms with E-state index in [4.69, 9.17) is 4.42 Å². The van der Waals surface area contributed by atoms with E-state index in [-0.39, 0.29) is 0 Å². The van der Waals surface area contributed by atoms with Crippen LogP contribution in [-0.4, -0.2) is 0 Å². The molecule has 0 bridgehead atoms. The van der Waals surface area contributed by atoms with E-state index in [0.29, 0.717) is 0 Å². The highest BCUT2D eigenvalue weighted by Gasteiger charge is 2.23. The highest BCUT2D eigenvalue weighted by atomic mass is 32.1. The number of thiophene rings is 3. The Balaban J connectivity index is 0.627. The van der Waals surface area contributed by atoms with Crippen molar-refractivity contribution in [2.75, 3.05) is 9.80 Å². The first-order chi connectivity index (χ1) is 54.5. The molecule has 0 aliphatic carbocycles. The van der Waals surface area contributed by atoms with Gasteiger partial charge in [0.15, 0.2) is 0 Å². The molecule has 6 heteroatoms. The molecule has 22 aromatic rings. The van der Waals surface area contributed by atoms with Gasteiger partial charge in [-0.05, 0) is 233 Å². The van der Waals surface area contributed by atoms with Gasteiger partial charge in [0.1, 0.15) is 11.2 Å². The molecule has 0 unspecified atom stereocenters. The molecule has 22 rings (SSSR count). The van der Waals surface area contributed by atoms with Crippen molar-refractivity contribution in [3.63, 3.8) is 0 Å². The largest absolute Gasteiger partial charge is 0.456 e. The van der Waals surface area contributed by atoms with Crippen molar-refractivity contribution in [1.29, 1.82) is 0 Å². The molecule has 0 aliphatic heterocycles. The Labute approximate surface area is 647 Å². The van der Waals surface area contributed by atoms with E-state index in [2.05, 4.69) is 386 Å². The lowest BCUT2D eigenvalue weighted by Gasteiger charge is -2.27. The van der Waals surface area contributed by atoms with E-state index >= 15 is 0 Å². The summed E-state index contributed by atoms with van der Waals surface area (Å²) >= 11 is 5.61. The van der Waals surface area contributed by atoms with Crippen molar-refractivity contribution in [3.05, 3.63) is 388 Å². The molecule has 514 valence electrons. The van der Waals surface area contributed by atoms with Gasteiger partial charge in [-0.3, -0.25) is 0 Å². The molecule has 0 saturated heterocycles. The molecule has 0 fully saturated rings. The first-order valence-corrected chi connectivity index (χ1v) is 39.8. The summed E-state index contributed by atoms with van der Waals surface area (Å²) in [7, 11) is 0. The number of hydrogen-bond donors (Lipinski definition) is 0. The van der Waals surface area contributed by atoms with Gasteiger partial charge in [0.05, 0.1) is 0 Å². The zero-order chi connectivity index (χ0) is 72.3. The fourth-order valence-electron chi connectivity index (χ4n) is 17.0. The van der Waals surface area contributed by atoms with E-state index < -0.39 is 0 Å². The topological polar surface area (TPSA) is 19.6 Å². The van der Waals surface area contributed by atoms with Crippen molar-refractivity contribution < 1.29 is 4.42 Å². The van der Waals surface area contributed by atoms with E-state index in [1.165, 1.54) is 132 Å². The smallest absolute Gasteiger partial charge is 0.135 e. The quantitative estimate of drug-likeness (QED) is 0.115. The van der Waals surface area contributed by atoms with Crippen LogP contribution in [0.25, 0.3) is 182 Å². The summed E-state index contributed by atoms with van der Waals surface area (Å²) in [5, 5.41) is 14.8. The molecule has 0 spiro atoms. The van der Waals surface area contributed by atoms with Crippen molar-refractivity contribution in [1.82, 2.24) is 0 Å². The van der Waals surface area contributed by atoms with Crippen molar-refractivity contribution >= 4 is 172 Å². The lowest BCUT2D eigenvalue weighted by Crippen LogP contribution is -2.10. The van der Waals surface area contributed by atoms with Gasteiger partial charge in [-0.25, -0.2) is 0 Å². The summed E-state index contributed by atoms with van der Waals surface area (Å²) in [5.74, 6) is 0. The normalized spacial score (nSPS) is 11.8. The summed E-state index contributed by atoms with van der Waals surface area (Å²) in [4.78, 5) is 4.84. The fraction of sp³-hybridized carbons (Fsp3) is 0. The average Bonchev–Trinajstić information content (AvgIpc) is 1.52. The predicted octanol–water partition coefficient (Wildman–Crippen LogP) is 31.6. The third-order valence-corrected chi connectivity index (χ3v) is 25.8. The zero-order valence-corrected chi connectivity index (χ0v) is 61.9. The Morgan fingerprint density at radius 3 is 1.29 bits per heavy atom. The van der Waals surface area contributed by atoms with Gasteiger partial charge < -0.3 is 14.2 Å². The van der Waals surface area contributed by atoms with Crippen LogP contribution < -0.4 is 9.80 Å². The number of hydrogen-bond acceptors (Lipinski definition) is 6. The number of nitrogens with zero attached hydrogens (tertiary/aromatic N) is 2. The summed E-state index contributed by atoms with van der Waals surface area (Å²) in [6.07, 6.45) is 0. The van der Waals surface area contributed by atoms with Gasteiger partial charge in [-0.2, -0.15) is 0 Å². The van der Waals surface area contributed by atoms with Gasteiger partial charge in [0.25, 0.3) is 0 Å². The molecule has 0 radical (unpaired) electrons. The minimum Gasteiger partial charge on any atom is -0.456 e. The summed E-state index contributed by atoms with van der Waals surface area (Å²) in [6.45, 7) is 0. The number of para-hydroxylation sites is 1. The Bertz CT molecular complexity index is 7420. The zero-order valence-electron chi connectivity index (χ0n) is 59.5. The van der Waals surface area contributed by atoms with Crippen LogP contribution in [0.1, 0.15) is 0 Å². The minimum atomic E-state index is 0.892. The number of benzene rings is 18. The predicted molar refractivity (Wildman–Crippen MR) is 475 cm³/mol. The summed E-state index contributed by atoms with van der Waals surface area (Å²) in [5.41, 5.74) is 24.8. The standard InChI is InChI=1S/C104H64N2OS3/c1-3-27-82-66(18-1)20-14-32-83(82)67-44-52-76(53-45-67)105(77-54-46-68(47-55-77)85-33-17-41-101-102(85)92-31-7-10-40-99(92)108-101)80-25-12-22-72(60-80)87-35-16-37-91-95-63-74(49-57-100(95)110-104(87)91)93-64-75(58-71-19-2-4-28-84(71)93)69-21-11-24-79(59-69)106(78-50-42-65(43-51-78)70-48-56-97-94(62-70)88-29-5-8-38-96(88)107-97)81-26-13-23-73(61-81)86-34-15-36-90-89-30-6-9-39-98(89)109-103(86)90/h1-64H. The molecule has 0 amide bonds. The molecule has 0 aliphatic rings. The molecule has 3 nitrogen and oxygen atoms in total. The van der Waals surface area contributed by atoms with Crippen molar-refractivity contribution in [2.24, 2.45) is 0 Å². The third-order valence-electron chi connectivity index (χ3n) is 22.2. The molecule has 0 saturated carbocycles. The second-order valence-corrected chi connectivity index (χ2v) is 31.8. The number of rotatable bonds is 13. The number of fused-ring (bicyclic) bond motifs is 14. The van der Waals surface area contributed by atoms with Gasteiger partial charge in [0, 0.05) is 105 Å². The molecule has 110 heavy (non-hydrogen) atoms. The van der Waals surface area contributed by atoms with E-state index in [0.717, 1.165) is 83.9 Å². The fourth-order valence-corrected chi connectivity index (χ4v) is 20.6. The summed E-state index contributed by atoms with van der Waals surface area (Å²) in [6, 6.07) is 144. The maximum atomic E-state index is 6.26. The molecular weight excluding hydrogens is 1390 g/mol. The van der Waals surface area contributed by atoms with Crippen LogP contribution in [0.2, 0.25) is 0 Å². The lowest BCUT2D eigenvalue weighted by molar-refractivity contribution is 0.669. The Morgan fingerprint density at radius 2 is 0.600 bits per heavy atom. The van der Waals surface area contributed by atoms with Crippen LogP contribution in [-0.2, 0) is 0 Å². The van der Waals surface area contributed by atoms with Crippen LogP contribution in [0.5, 0.6) is 0 Å². The first kappa shape index (κ1) is 63.8. The molecule has 18 aromatic carbocycles. The Kier molecular flexibility index (Phi) is 15.2. The minimum absolute atomic E-state index is 0.892. The lowest BCUT2D eigenvalue weighted by atomic mass is 9.92. The van der Waals surface area contributed by atoms with Gasteiger partial charge in [0.2, 0.25) is 0 Å². The Morgan fingerprint density at radius 1 is 0.182 bits per heavy atom. The van der Waals surface area contributed by atoms with Crippen molar-refractivity contribution in [2.45, 2.75) is 0 Å². The van der Waals surface area contributed by atoms with E-state index in [1.54, 1.807) is 0 Å². The van der Waals surface area contributed by atoms with E-state index in [9.17, 15) is 0 Å². The molecule has 4 aromatic heterocycles. The van der Waals surface area contributed by atoms with Crippen LogP contribution in [0, 0.1) is 0 Å². The van der Waals surface area contributed by atoms with Gasteiger partial charge in [-0.15, -0.1) is 34.0 Å². The maximum absolute atomic E-state index is 6.26. The molecule has 0 N–H and O–H groups in total. The monoisotopic (exact) mass is 1450 g/mol. The van der Waals surface area contributed by atoms with Gasteiger partial charge >= 0.3 is 0 Å². The number of furan rings is 1. The first-order valence-electron chi connectivity index (χ1n) is 37.4. The second kappa shape index (κ2) is 26.2. The Hall–Kier alpha value is -13.5. The maximum Gasteiger partial charge on any atom is 0.135 e. The SMILES string of the molecule is c1cc(-c2cc(-c3ccc4sc5c(-c6cccc(N(c7ccc(-c8cccc9ccccc89)cc7)c7ccc(-c8cccc9sc%10ccccc%10c89)cc7)c6)cccc5c4c3)c3ccccc3c2)cc(N(c2ccc(-c3ccc4oc5ccccc5c4c3)cc2)c2cccc(-c3cccc4c3sc3ccccc34)c2)c1. The summed E-state index contributed by atoms with van der Waals surface area (Å²) < 4.78 is 14.0. The third kappa shape index (κ3) is 10.9. The average molecular weight is 1450 g/mol. The van der Waals surface area contributed by atoms with Gasteiger partial charge in [-0.1, -0.05) is 255 Å². The molecular formula is C104H64N2OS3. The van der Waals surface area contributed by atoms with Crippen LogP contribution in [0.4, 0.5) is 34.1 Å². The second-order valence-electron chi connectivity index (χ2n) is 28.6. The van der Waals surface area contributed by atoms with Crippen LogP contribution in [0.3, 0.4) is 0 Å². The van der Waals surface area contributed by atoms with E-state index in [1.807, 2.05) is 46.1 Å². The van der Waals surface area contributed by atoms with Crippen molar-refractivity contribution in [3.8, 4) is 77.9 Å². The highest BCUT2D eigenvalue weighted by molar-refractivity contribution is 7.27. The highest BCUT2D eigenvalue weighted by Crippen LogP contribution is 2.49. The molecule has 4 heterocycles.